The highest BCUT2D eigenvalue weighted by molar-refractivity contribution is 6.30. The van der Waals surface area contributed by atoms with E-state index in [2.05, 4.69) is 10.3 Å². The Morgan fingerprint density at radius 1 is 1.02 bits per heavy atom. The molecule has 226 valence electrons. The highest BCUT2D eigenvalue weighted by atomic mass is 35.5. The zero-order chi connectivity index (χ0) is 30.4. The van der Waals surface area contributed by atoms with Gasteiger partial charge in [-0.15, -0.1) is 0 Å². The molecule has 0 spiro atoms. The molecule has 1 aromatic carbocycles. The summed E-state index contributed by atoms with van der Waals surface area (Å²) in [7, 11) is 1.65. The minimum atomic E-state index is -0.672. The van der Waals surface area contributed by atoms with Crippen molar-refractivity contribution in [2.75, 3.05) is 38.7 Å². The van der Waals surface area contributed by atoms with E-state index in [1.165, 1.54) is 4.90 Å². The van der Waals surface area contributed by atoms with Crippen LogP contribution in [0, 0.1) is 6.92 Å². The van der Waals surface area contributed by atoms with E-state index in [-0.39, 0.29) is 25.7 Å². The number of carbonyl (C=O) groups excluding carboxylic acids is 2. The smallest absolute Gasteiger partial charge is 0.410 e. The quantitative estimate of drug-likeness (QED) is 0.358. The van der Waals surface area contributed by atoms with Crippen LogP contribution in [0.25, 0.3) is 11.4 Å². The highest BCUT2D eigenvalue weighted by Crippen LogP contribution is 2.27. The number of ether oxygens (including phenoxy) is 3. The first-order chi connectivity index (χ1) is 19.1. The topological polar surface area (TPSA) is 106 Å². The van der Waals surface area contributed by atoms with Gasteiger partial charge in [-0.25, -0.2) is 19.6 Å². The van der Waals surface area contributed by atoms with Crippen LogP contribution >= 0.6 is 11.6 Å². The van der Waals surface area contributed by atoms with Crippen LogP contribution in [0.5, 0.6) is 0 Å². The lowest BCUT2D eigenvalue weighted by atomic mass is 10.1. The Morgan fingerprint density at radius 3 is 2.29 bits per heavy atom. The number of aromatic nitrogens is 2. The third-order valence-corrected chi connectivity index (χ3v) is 6.64. The number of amides is 2. The van der Waals surface area contributed by atoms with Crippen molar-refractivity contribution in [1.29, 1.82) is 0 Å². The van der Waals surface area contributed by atoms with Crippen molar-refractivity contribution >= 4 is 29.6 Å². The highest BCUT2D eigenvalue weighted by Gasteiger charge is 2.25. The molecule has 41 heavy (non-hydrogen) atoms. The number of anilines is 1. The molecule has 1 fully saturated rings. The SMILES string of the molecule is Cc1c(Cl)nc(-c2cccc(CN(CCN(C)C(=O)OC(C)(C)C)C(=O)OC(C)(C)C)c2)nc1NC1CCOCC1. The third-order valence-electron chi connectivity index (χ3n) is 6.27. The van der Waals surface area contributed by atoms with E-state index in [0.29, 0.717) is 30.0 Å². The molecule has 1 aliphatic heterocycles. The van der Waals surface area contributed by atoms with Gasteiger partial charge >= 0.3 is 12.2 Å². The number of nitrogens with one attached hydrogen (secondary N) is 1. The second-order valence-corrected chi connectivity index (χ2v) is 12.7. The predicted molar refractivity (Wildman–Crippen MR) is 160 cm³/mol. The van der Waals surface area contributed by atoms with E-state index in [1.807, 2.05) is 72.7 Å². The van der Waals surface area contributed by atoms with E-state index < -0.39 is 23.4 Å². The van der Waals surface area contributed by atoms with Gasteiger partial charge in [0.2, 0.25) is 0 Å². The Bertz CT molecular complexity index is 1200. The van der Waals surface area contributed by atoms with Crippen LogP contribution in [-0.4, -0.2) is 82.5 Å². The summed E-state index contributed by atoms with van der Waals surface area (Å²) in [6.45, 7) is 15.0. The molecule has 0 unspecified atom stereocenters. The van der Waals surface area contributed by atoms with E-state index >= 15 is 0 Å². The van der Waals surface area contributed by atoms with Gasteiger partial charge in [-0.1, -0.05) is 29.8 Å². The maximum atomic E-state index is 13.2. The molecule has 3 rings (SSSR count). The zero-order valence-corrected chi connectivity index (χ0v) is 26.3. The number of hydrogen-bond donors (Lipinski definition) is 1. The molecule has 1 aliphatic rings. The van der Waals surface area contributed by atoms with E-state index in [9.17, 15) is 9.59 Å². The Morgan fingerprint density at radius 2 is 1.66 bits per heavy atom. The molecule has 1 N–H and O–H groups in total. The molecular weight excluding hydrogens is 546 g/mol. The molecule has 10 nitrogen and oxygen atoms in total. The molecule has 2 amide bonds. The van der Waals surface area contributed by atoms with E-state index in [4.69, 9.17) is 30.8 Å². The first-order valence-corrected chi connectivity index (χ1v) is 14.4. The van der Waals surface area contributed by atoms with Gasteiger partial charge < -0.3 is 29.3 Å². The Hall–Kier alpha value is -3.11. The number of rotatable bonds is 8. The molecule has 0 radical (unpaired) electrons. The first-order valence-electron chi connectivity index (χ1n) is 14.0. The number of likely N-dealkylation sites (N-methyl/N-ethyl adjacent to an activating group) is 1. The monoisotopic (exact) mass is 589 g/mol. The van der Waals surface area contributed by atoms with Crippen LogP contribution in [0.4, 0.5) is 15.4 Å². The van der Waals surface area contributed by atoms with Crippen LogP contribution in [0.3, 0.4) is 0 Å². The van der Waals surface area contributed by atoms with Crippen molar-refractivity contribution in [1.82, 2.24) is 19.8 Å². The molecular formula is C30H44ClN5O5. The van der Waals surface area contributed by atoms with Crippen LogP contribution < -0.4 is 5.32 Å². The standard InChI is InChI=1S/C30H44ClN5O5/c1-20-24(31)33-26(34-25(20)32-23-12-16-39-17-13-23)22-11-9-10-21(18-22)19-36(28(38)41-30(5,6)7)15-14-35(8)27(37)40-29(2,3)4/h9-11,18,23H,12-17,19H2,1-8H3,(H,32,33,34). The van der Waals surface area contributed by atoms with Crippen molar-refractivity contribution in [2.24, 2.45) is 0 Å². The molecule has 2 heterocycles. The minimum Gasteiger partial charge on any atom is -0.444 e. The lowest BCUT2D eigenvalue weighted by Gasteiger charge is -2.30. The number of halogens is 1. The molecule has 2 aromatic rings. The molecule has 0 saturated carbocycles. The van der Waals surface area contributed by atoms with E-state index in [1.54, 1.807) is 11.9 Å². The fourth-order valence-corrected chi connectivity index (χ4v) is 4.26. The van der Waals surface area contributed by atoms with Gasteiger partial charge in [0.1, 0.15) is 22.2 Å². The van der Waals surface area contributed by atoms with Gasteiger partial charge in [-0.2, -0.15) is 0 Å². The Labute approximate surface area is 248 Å². The summed E-state index contributed by atoms with van der Waals surface area (Å²) in [5.41, 5.74) is 1.14. The average molecular weight is 590 g/mol. The van der Waals surface area contributed by atoms with Crippen LogP contribution in [0.1, 0.15) is 65.5 Å². The summed E-state index contributed by atoms with van der Waals surface area (Å²) in [6.07, 6.45) is 0.866. The van der Waals surface area contributed by atoms with Crippen molar-refractivity contribution in [2.45, 2.75) is 85.1 Å². The van der Waals surface area contributed by atoms with Crippen molar-refractivity contribution in [3.63, 3.8) is 0 Å². The number of nitrogens with zero attached hydrogens (tertiary/aromatic N) is 4. The molecule has 0 atom stereocenters. The normalized spacial score (nSPS) is 14.4. The Balaban J connectivity index is 1.81. The van der Waals surface area contributed by atoms with E-state index in [0.717, 1.165) is 29.5 Å². The summed E-state index contributed by atoms with van der Waals surface area (Å²) in [6, 6.07) is 7.93. The maximum Gasteiger partial charge on any atom is 0.410 e. The predicted octanol–water partition coefficient (Wildman–Crippen LogP) is 6.30. The summed E-state index contributed by atoms with van der Waals surface area (Å²) >= 11 is 6.52. The lowest BCUT2D eigenvalue weighted by molar-refractivity contribution is 0.0152. The zero-order valence-electron chi connectivity index (χ0n) is 25.5. The van der Waals surface area contributed by atoms with Gasteiger partial charge in [0.25, 0.3) is 0 Å². The number of carbonyl (C=O) groups is 2. The average Bonchev–Trinajstić information content (AvgIpc) is 2.87. The molecule has 1 saturated heterocycles. The Kier molecular flexibility index (Phi) is 10.8. The summed E-state index contributed by atoms with van der Waals surface area (Å²) in [5, 5.41) is 3.89. The molecule has 11 heteroatoms. The van der Waals surface area contributed by atoms with Gasteiger partial charge in [-0.3, -0.25) is 0 Å². The molecule has 0 bridgehead atoms. The van der Waals surface area contributed by atoms with Crippen LogP contribution in [-0.2, 0) is 20.8 Å². The fourth-order valence-electron chi connectivity index (χ4n) is 4.09. The maximum absolute atomic E-state index is 13.2. The molecule has 0 aliphatic carbocycles. The fraction of sp³-hybridized carbons (Fsp3) is 0.600. The number of hydrogen-bond acceptors (Lipinski definition) is 8. The molecule has 1 aromatic heterocycles. The van der Waals surface area contributed by atoms with Crippen molar-refractivity contribution in [3.05, 3.63) is 40.5 Å². The summed E-state index contributed by atoms with van der Waals surface area (Å²) in [5.74, 6) is 1.20. The van der Waals surface area contributed by atoms with Gasteiger partial charge in [0.05, 0.1) is 0 Å². The van der Waals surface area contributed by atoms with Crippen molar-refractivity contribution in [3.8, 4) is 11.4 Å². The van der Waals surface area contributed by atoms with Gasteiger partial charge in [0.15, 0.2) is 5.82 Å². The summed E-state index contributed by atoms with van der Waals surface area (Å²) < 4.78 is 16.6. The second-order valence-electron chi connectivity index (χ2n) is 12.3. The van der Waals surface area contributed by atoms with Crippen LogP contribution in [0.2, 0.25) is 5.15 Å². The van der Waals surface area contributed by atoms with Crippen LogP contribution in [0.15, 0.2) is 24.3 Å². The number of benzene rings is 1. The minimum absolute atomic E-state index is 0.251. The largest absolute Gasteiger partial charge is 0.444 e. The van der Waals surface area contributed by atoms with Gasteiger partial charge in [0, 0.05) is 57.1 Å². The van der Waals surface area contributed by atoms with Crippen molar-refractivity contribution < 1.29 is 23.8 Å². The van der Waals surface area contributed by atoms with Gasteiger partial charge in [-0.05, 0) is 72.9 Å². The summed E-state index contributed by atoms with van der Waals surface area (Å²) in [4.78, 5) is 38.0. The first kappa shape index (κ1) is 32.4. The third kappa shape index (κ3) is 10.3. The second kappa shape index (κ2) is 13.7. The lowest BCUT2D eigenvalue weighted by Crippen LogP contribution is -2.42.